The Morgan fingerprint density at radius 3 is 1.09 bits per heavy atom. The first kappa shape index (κ1) is 22.9. The predicted octanol–water partition coefficient (Wildman–Crippen LogP) is 5.18. The highest BCUT2D eigenvalue weighted by atomic mass is 15.3. The van der Waals surface area contributed by atoms with E-state index in [-0.39, 0.29) is 0 Å². The molecule has 0 aliphatic carbocycles. The summed E-state index contributed by atoms with van der Waals surface area (Å²) < 4.78 is 2.41. The van der Waals surface area contributed by atoms with E-state index in [1.165, 1.54) is 80.1 Å². The van der Waals surface area contributed by atoms with E-state index in [0.29, 0.717) is 0 Å². The van der Waals surface area contributed by atoms with E-state index in [2.05, 4.69) is 55.9 Å². The Hall–Kier alpha value is -0.0800. The summed E-state index contributed by atoms with van der Waals surface area (Å²) in [5.74, 6) is 1.81. The third-order valence-corrected chi connectivity index (χ3v) is 5.84. The molecule has 0 fully saturated rings. The van der Waals surface area contributed by atoms with Gasteiger partial charge in [0.05, 0.1) is 54.4 Å². The molecule has 0 spiro atoms. The number of quaternary nitrogens is 2. The quantitative estimate of drug-likeness (QED) is 0.304. The van der Waals surface area contributed by atoms with Crippen molar-refractivity contribution in [3.8, 4) is 0 Å². The topological polar surface area (TPSA) is 0 Å². The Labute approximate surface area is 148 Å². The van der Waals surface area contributed by atoms with Gasteiger partial charge in [-0.25, -0.2) is 0 Å². The van der Waals surface area contributed by atoms with Crippen LogP contribution in [0, 0.1) is 11.8 Å². The monoisotopic (exact) mass is 328 g/mol. The van der Waals surface area contributed by atoms with Crippen molar-refractivity contribution in [1.29, 1.82) is 0 Å². The van der Waals surface area contributed by atoms with Crippen LogP contribution in [0.2, 0.25) is 0 Å². The van der Waals surface area contributed by atoms with E-state index < -0.39 is 0 Å². The molecular formula is C21H48N2+2. The van der Waals surface area contributed by atoms with Gasteiger partial charge in [-0.2, -0.15) is 0 Å². The van der Waals surface area contributed by atoms with Crippen LogP contribution < -0.4 is 0 Å². The highest BCUT2D eigenvalue weighted by Gasteiger charge is 2.21. The van der Waals surface area contributed by atoms with Crippen molar-refractivity contribution in [2.45, 2.75) is 72.6 Å². The molecule has 0 N–H and O–H groups in total. The van der Waals surface area contributed by atoms with Crippen LogP contribution in [-0.2, 0) is 0 Å². The average molecular weight is 329 g/mol. The van der Waals surface area contributed by atoms with Crippen molar-refractivity contribution >= 4 is 0 Å². The lowest BCUT2D eigenvalue weighted by Crippen LogP contribution is -2.45. The average Bonchev–Trinajstić information content (AvgIpc) is 2.49. The van der Waals surface area contributed by atoms with Crippen LogP contribution in [-0.4, -0.2) is 63.3 Å². The van der Waals surface area contributed by atoms with E-state index in [1.54, 1.807) is 0 Å². The number of unbranched alkanes of at least 4 members (excludes halogenated alkanes) is 2. The number of nitrogens with zero attached hydrogens (tertiary/aromatic N) is 2. The zero-order chi connectivity index (χ0) is 17.9. The molecule has 0 saturated heterocycles. The first-order chi connectivity index (χ1) is 10.7. The Bertz CT molecular complexity index is 248. The van der Waals surface area contributed by atoms with E-state index >= 15 is 0 Å². The molecule has 0 aromatic heterocycles. The van der Waals surface area contributed by atoms with Gasteiger partial charge in [0.25, 0.3) is 0 Å². The third-order valence-electron chi connectivity index (χ3n) is 5.84. The molecule has 0 unspecified atom stereocenters. The fourth-order valence-electron chi connectivity index (χ4n) is 3.93. The van der Waals surface area contributed by atoms with Crippen molar-refractivity contribution in [3.63, 3.8) is 0 Å². The Morgan fingerprint density at radius 1 is 0.522 bits per heavy atom. The molecule has 0 aliphatic rings. The molecular weight excluding hydrogens is 280 g/mol. The second-order valence-corrected chi connectivity index (χ2v) is 9.11. The molecule has 0 aliphatic heterocycles. The van der Waals surface area contributed by atoms with E-state index in [4.69, 9.17) is 0 Å². The summed E-state index contributed by atoms with van der Waals surface area (Å²) in [6.07, 6.45) is 9.50. The van der Waals surface area contributed by atoms with Gasteiger partial charge in [0.15, 0.2) is 0 Å². The number of rotatable bonds is 14. The SMILES string of the molecule is CCC(CC)C[N+](C)(C)CCCCC[N+](C)(C)CC(CC)CC. The molecule has 0 amide bonds. The largest absolute Gasteiger partial charge is 0.328 e. The van der Waals surface area contributed by atoms with Gasteiger partial charge in [-0.15, -0.1) is 0 Å². The van der Waals surface area contributed by atoms with Gasteiger partial charge in [-0.1, -0.05) is 27.7 Å². The van der Waals surface area contributed by atoms with Gasteiger partial charge >= 0.3 is 0 Å². The van der Waals surface area contributed by atoms with Gasteiger partial charge in [0.2, 0.25) is 0 Å². The molecule has 0 aromatic carbocycles. The lowest BCUT2D eigenvalue weighted by Gasteiger charge is -2.34. The summed E-state index contributed by atoms with van der Waals surface area (Å²) in [6.45, 7) is 14.8. The second-order valence-electron chi connectivity index (χ2n) is 9.11. The number of hydrogen-bond acceptors (Lipinski definition) is 0. The van der Waals surface area contributed by atoms with Crippen molar-refractivity contribution < 1.29 is 8.97 Å². The standard InChI is InChI=1S/C21H48N2/c1-9-20(10-2)18-22(5,6)16-14-13-15-17-23(7,8)19-21(11-3)12-4/h20-21H,9-19H2,1-8H3/q+2. The summed E-state index contributed by atoms with van der Waals surface area (Å²) in [4.78, 5) is 0. The van der Waals surface area contributed by atoms with Gasteiger partial charge in [0.1, 0.15) is 0 Å². The van der Waals surface area contributed by atoms with Crippen LogP contribution in [0.25, 0.3) is 0 Å². The van der Waals surface area contributed by atoms with Crippen LogP contribution in [0.1, 0.15) is 72.6 Å². The normalized spacial score (nSPS) is 13.3. The van der Waals surface area contributed by atoms with Gasteiger partial charge in [0, 0.05) is 11.8 Å². The maximum absolute atomic E-state index is 2.42. The minimum atomic E-state index is 0.903. The summed E-state index contributed by atoms with van der Waals surface area (Å²) in [5, 5.41) is 0. The van der Waals surface area contributed by atoms with Crippen LogP contribution in [0.3, 0.4) is 0 Å². The molecule has 0 rings (SSSR count). The fourth-order valence-corrected chi connectivity index (χ4v) is 3.93. The van der Waals surface area contributed by atoms with Gasteiger partial charge in [-0.3, -0.25) is 0 Å². The highest BCUT2D eigenvalue weighted by Crippen LogP contribution is 2.16. The van der Waals surface area contributed by atoms with E-state index in [0.717, 1.165) is 11.8 Å². The van der Waals surface area contributed by atoms with Crippen molar-refractivity contribution in [2.24, 2.45) is 11.8 Å². The van der Waals surface area contributed by atoms with Crippen molar-refractivity contribution in [2.75, 3.05) is 54.4 Å². The van der Waals surface area contributed by atoms with Crippen LogP contribution in [0.5, 0.6) is 0 Å². The molecule has 2 nitrogen and oxygen atoms in total. The Balaban J connectivity index is 3.98. The summed E-state index contributed by atoms with van der Waals surface area (Å²) in [7, 11) is 9.69. The number of hydrogen-bond donors (Lipinski definition) is 0. The third kappa shape index (κ3) is 11.2. The summed E-state index contributed by atoms with van der Waals surface area (Å²) >= 11 is 0. The minimum absolute atomic E-state index is 0.903. The molecule has 0 radical (unpaired) electrons. The maximum atomic E-state index is 2.42. The van der Waals surface area contributed by atoms with Crippen molar-refractivity contribution in [1.82, 2.24) is 0 Å². The zero-order valence-electron chi connectivity index (χ0n) is 17.8. The van der Waals surface area contributed by atoms with Gasteiger partial charge in [-0.05, 0) is 44.9 Å². The van der Waals surface area contributed by atoms with Crippen LogP contribution in [0.15, 0.2) is 0 Å². The molecule has 0 bridgehead atoms. The van der Waals surface area contributed by atoms with Crippen LogP contribution >= 0.6 is 0 Å². The summed E-state index contributed by atoms with van der Waals surface area (Å²) in [5.41, 5.74) is 0. The van der Waals surface area contributed by atoms with E-state index in [1.807, 2.05) is 0 Å². The molecule has 0 heterocycles. The lowest BCUT2D eigenvalue weighted by atomic mass is 10.0. The first-order valence-electron chi connectivity index (χ1n) is 10.3. The fraction of sp³-hybridized carbons (Fsp3) is 1.00. The first-order valence-corrected chi connectivity index (χ1v) is 10.3. The molecule has 0 aromatic rings. The Morgan fingerprint density at radius 2 is 0.826 bits per heavy atom. The zero-order valence-corrected chi connectivity index (χ0v) is 17.8. The highest BCUT2D eigenvalue weighted by molar-refractivity contribution is 4.55. The molecule has 2 heteroatoms. The Kier molecular flexibility index (Phi) is 11.4. The molecule has 140 valence electrons. The maximum Gasteiger partial charge on any atom is 0.0810 e. The van der Waals surface area contributed by atoms with Crippen LogP contribution in [0.4, 0.5) is 0 Å². The minimum Gasteiger partial charge on any atom is -0.328 e. The molecule has 0 saturated carbocycles. The van der Waals surface area contributed by atoms with Crippen molar-refractivity contribution in [3.05, 3.63) is 0 Å². The second kappa shape index (κ2) is 11.5. The summed E-state index contributed by atoms with van der Waals surface area (Å²) in [6, 6.07) is 0. The molecule has 23 heavy (non-hydrogen) atoms. The molecule has 0 atom stereocenters. The lowest BCUT2D eigenvalue weighted by molar-refractivity contribution is -0.896. The smallest absolute Gasteiger partial charge is 0.0810 e. The predicted molar refractivity (Wildman–Crippen MR) is 106 cm³/mol. The van der Waals surface area contributed by atoms with E-state index in [9.17, 15) is 0 Å². The van der Waals surface area contributed by atoms with Gasteiger partial charge < -0.3 is 8.97 Å².